The number of aryl methyl sites for hydroxylation is 1. The van der Waals surface area contributed by atoms with Crippen molar-refractivity contribution in [3.8, 4) is 0 Å². The number of rotatable bonds is 4. The predicted molar refractivity (Wildman–Crippen MR) is 89.0 cm³/mol. The highest BCUT2D eigenvalue weighted by Gasteiger charge is 2.11. The zero-order chi connectivity index (χ0) is 16.4. The molecule has 0 aliphatic carbocycles. The first-order valence-electron chi connectivity index (χ1n) is 6.79. The van der Waals surface area contributed by atoms with Crippen molar-refractivity contribution in [3.63, 3.8) is 0 Å². The first kappa shape index (κ1) is 15.6. The van der Waals surface area contributed by atoms with E-state index < -0.39 is 0 Å². The number of nitrogens with zero attached hydrogens (tertiary/aromatic N) is 4. The number of carbonyl (C=O) groups excluding carboxylic acids is 1. The van der Waals surface area contributed by atoms with Crippen molar-refractivity contribution in [2.45, 2.75) is 6.54 Å². The van der Waals surface area contributed by atoms with E-state index in [0.717, 1.165) is 5.56 Å². The summed E-state index contributed by atoms with van der Waals surface area (Å²) in [6.07, 6.45) is 4.98. The van der Waals surface area contributed by atoms with Gasteiger partial charge in [0.25, 0.3) is 5.91 Å². The van der Waals surface area contributed by atoms with E-state index in [0.29, 0.717) is 28.0 Å². The minimum absolute atomic E-state index is 0.291. The van der Waals surface area contributed by atoms with Crippen molar-refractivity contribution in [2.24, 2.45) is 7.05 Å². The molecule has 0 spiro atoms. The molecule has 118 valence electrons. The number of carbonyl (C=O) groups is 1. The number of nitrogens with one attached hydrogen (secondary N) is 1. The van der Waals surface area contributed by atoms with Crippen molar-refractivity contribution in [1.82, 2.24) is 19.6 Å². The topological polar surface area (TPSA) is 64.7 Å². The van der Waals surface area contributed by atoms with E-state index in [9.17, 15) is 4.79 Å². The van der Waals surface area contributed by atoms with Gasteiger partial charge < -0.3 is 5.32 Å². The van der Waals surface area contributed by atoms with Crippen LogP contribution in [-0.4, -0.2) is 25.5 Å². The molecule has 0 fully saturated rings. The molecule has 0 radical (unpaired) electrons. The molecule has 0 bridgehead atoms. The molecule has 0 saturated carbocycles. The lowest BCUT2D eigenvalue weighted by molar-refractivity contribution is 0.102. The second kappa shape index (κ2) is 6.44. The quantitative estimate of drug-likeness (QED) is 0.786. The summed E-state index contributed by atoms with van der Waals surface area (Å²) in [5, 5.41) is 12.1. The van der Waals surface area contributed by atoms with Gasteiger partial charge in [0, 0.05) is 35.1 Å². The molecule has 1 N–H and O–H groups in total. The summed E-state index contributed by atoms with van der Waals surface area (Å²) in [5.41, 5.74) is 1.69. The fraction of sp³-hybridized carbons (Fsp3) is 0.133. The zero-order valence-corrected chi connectivity index (χ0v) is 13.7. The lowest BCUT2D eigenvalue weighted by Crippen LogP contribution is -2.12. The van der Waals surface area contributed by atoms with Gasteiger partial charge in [0.05, 0.1) is 18.4 Å². The fourth-order valence-electron chi connectivity index (χ4n) is 2.09. The SMILES string of the molecule is Cn1ccc(C(=O)Nc2cnn(Cc3c(Cl)cccc3Cl)c2)n1. The molecular formula is C15H13Cl2N5O. The number of benzene rings is 1. The standard InChI is InChI=1S/C15H13Cl2N5O/c1-21-6-5-14(20-21)15(23)19-10-7-18-22(8-10)9-11-12(16)3-2-4-13(11)17/h2-8H,9H2,1H3,(H,19,23). The maximum atomic E-state index is 12.0. The average molecular weight is 350 g/mol. The van der Waals surface area contributed by atoms with Crippen LogP contribution in [0.15, 0.2) is 42.9 Å². The first-order chi connectivity index (χ1) is 11.0. The van der Waals surface area contributed by atoms with E-state index >= 15 is 0 Å². The van der Waals surface area contributed by atoms with E-state index in [1.807, 2.05) is 0 Å². The molecule has 3 aromatic rings. The summed E-state index contributed by atoms with van der Waals surface area (Å²) in [6.45, 7) is 0.415. The maximum Gasteiger partial charge on any atom is 0.276 e. The zero-order valence-electron chi connectivity index (χ0n) is 12.2. The van der Waals surface area contributed by atoms with Crippen LogP contribution in [0.1, 0.15) is 16.1 Å². The first-order valence-corrected chi connectivity index (χ1v) is 7.55. The molecule has 2 heterocycles. The fourth-order valence-corrected chi connectivity index (χ4v) is 2.61. The molecule has 6 nitrogen and oxygen atoms in total. The third-order valence-electron chi connectivity index (χ3n) is 3.22. The van der Waals surface area contributed by atoms with Crippen molar-refractivity contribution in [3.05, 3.63) is 64.2 Å². The van der Waals surface area contributed by atoms with E-state index in [4.69, 9.17) is 23.2 Å². The number of hydrogen-bond donors (Lipinski definition) is 1. The Morgan fingerprint density at radius 1 is 1.26 bits per heavy atom. The molecule has 8 heteroatoms. The number of halogens is 2. The summed E-state index contributed by atoms with van der Waals surface area (Å²) in [6, 6.07) is 6.98. The Balaban J connectivity index is 1.72. The van der Waals surface area contributed by atoms with E-state index in [1.54, 1.807) is 59.3 Å². The van der Waals surface area contributed by atoms with Gasteiger partial charge >= 0.3 is 0 Å². The monoisotopic (exact) mass is 349 g/mol. The van der Waals surface area contributed by atoms with Crippen molar-refractivity contribution >= 4 is 34.8 Å². The Hall–Kier alpha value is -2.31. The average Bonchev–Trinajstić information content (AvgIpc) is 3.12. The summed E-state index contributed by atoms with van der Waals surface area (Å²) in [4.78, 5) is 12.0. The Kier molecular flexibility index (Phi) is 4.36. The number of amides is 1. The van der Waals surface area contributed by atoms with Gasteiger partial charge in [-0.15, -0.1) is 0 Å². The number of aromatic nitrogens is 4. The molecule has 0 unspecified atom stereocenters. The van der Waals surface area contributed by atoms with Crippen molar-refractivity contribution < 1.29 is 4.79 Å². The van der Waals surface area contributed by atoms with Crippen LogP contribution in [-0.2, 0) is 13.6 Å². The minimum atomic E-state index is -0.291. The van der Waals surface area contributed by atoms with Gasteiger partial charge in [-0.2, -0.15) is 10.2 Å². The van der Waals surface area contributed by atoms with Crippen LogP contribution in [0, 0.1) is 0 Å². The Bertz CT molecular complexity index is 835. The van der Waals surface area contributed by atoms with Crippen LogP contribution in [0.5, 0.6) is 0 Å². The normalized spacial score (nSPS) is 10.7. The molecule has 1 aromatic carbocycles. The molecule has 0 atom stereocenters. The predicted octanol–water partition coefficient (Wildman–Crippen LogP) is 3.22. The summed E-state index contributed by atoms with van der Waals surface area (Å²) in [5.74, 6) is -0.291. The van der Waals surface area contributed by atoms with E-state index in [-0.39, 0.29) is 5.91 Å². The lowest BCUT2D eigenvalue weighted by Gasteiger charge is -2.06. The number of hydrogen-bond acceptors (Lipinski definition) is 3. The van der Waals surface area contributed by atoms with Gasteiger partial charge in [0.2, 0.25) is 0 Å². The van der Waals surface area contributed by atoms with Gasteiger partial charge in [-0.3, -0.25) is 14.2 Å². The molecule has 3 rings (SSSR count). The van der Waals surface area contributed by atoms with Gasteiger partial charge in [0.1, 0.15) is 0 Å². The molecule has 2 aromatic heterocycles. The third kappa shape index (κ3) is 3.55. The Labute approximate surface area is 142 Å². The highest BCUT2D eigenvalue weighted by molar-refractivity contribution is 6.35. The summed E-state index contributed by atoms with van der Waals surface area (Å²) in [7, 11) is 1.75. The van der Waals surface area contributed by atoms with Crippen LogP contribution >= 0.6 is 23.2 Å². The molecule has 0 aliphatic rings. The van der Waals surface area contributed by atoms with Crippen molar-refractivity contribution in [2.75, 3.05) is 5.32 Å². The molecule has 23 heavy (non-hydrogen) atoms. The number of anilines is 1. The third-order valence-corrected chi connectivity index (χ3v) is 3.93. The smallest absolute Gasteiger partial charge is 0.276 e. The van der Waals surface area contributed by atoms with Gasteiger partial charge in [0.15, 0.2) is 5.69 Å². The Morgan fingerprint density at radius 3 is 2.65 bits per heavy atom. The van der Waals surface area contributed by atoms with Gasteiger partial charge in [-0.05, 0) is 18.2 Å². The van der Waals surface area contributed by atoms with Crippen LogP contribution in [0.4, 0.5) is 5.69 Å². The molecular weight excluding hydrogens is 337 g/mol. The molecule has 0 saturated heterocycles. The largest absolute Gasteiger partial charge is 0.318 e. The second-order valence-electron chi connectivity index (χ2n) is 4.96. The van der Waals surface area contributed by atoms with E-state index in [1.165, 1.54) is 0 Å². The van der Waals surface area contributed by atoms with Gasteiger partial charge in [-0.25, -0.2) is 0 Å². The van der Waals surface area contributed by atoms with Crippen LogP contribution < -0.4 is 5.32 Å². The summed E-state index contributed by atoms with van der Waals surface area (Å²) < 4.78 is 3.22. The van der Waals surface area contributed by atoms with Crippen LogP contribution in [0.3, 0.4) is 0 Å². The minimum Gasteiger partial charge on any atom is -0.318 e. The molecule has 1 amide bonds. The lowest BCUT2D eigenvalue weighted by atomic mass is 10.2. The second-order valence-corrected chi connectivity index (χ2v) is 5.77. The molecule has 0 aliphatic heterocycles. The summed E-state index contributed by atoms with van der Waals surface area (Å²) >= 11 is 12.3. The van der Waals surface area contributed by atoms with E-state index in [2.05, 4.69) is 15.5 Å². The van der Waals surface area contributed by atoms with Crippen molar-refractivity contribution in [1.29, 1.82) is 0 Å². The Morgan fingerprint density at radius 2 is 2.00 bits per heavy atom. The van der Waals surface area contributed by atoms with Gasteiger partial charge in [-0.1, -0.05) is 29.3 Å². The maximum absolute atomic E-state index is 12.0. The highest BCUT2D eigenvalue weighted by atomic mass is 35.5. The highest BCUT2D eigenvalue weighted by Crippen LogP contribution is 2.25. The van der Waals surface area contributed by atoms with Crippen LogP contribution in [0.25, 0.3) is 0 Å². The van der Waals surface area contributed by atoms with Crippen LogP contribution in [0.2, 0.25) is 10.0 Å².